The molecule has 1 aromatic heterocycles. The van der Waals surface area contributed by atoms with Crippen molar-refractivity contribution in [3.8, 4) is 0 Å². The molecule has 5 nitrogen and oxygen atoms in total. The van der Waals surface area contributed by atoms with Gasteiger partial charge in [0.2, 0.25) is 5.91 Å². The van der Waals surface area contributed by atoms with Gasteiger partial charge in [-0.15, -0.1) is 0 Å². The van der Waals surface area contributed by atoms with E-state index >= 15 is 0 Å². The largest absolute Gasteiger partial charge is 0.372 e. The van der Waals surface area contributed by atoms with Gasteiger partial charge in [0.15, 0.2) is 0 Å². The number of benzene rings is 1. The molecule has 2 atom stereocenters. The van der Waals surface area contributed by atoms with E-state index in [1.165, 1.54) is 6.07 Å². The Morgan fingerprint density at radius 2 is 2.29 bits per heavy atom. The summed E-state index contributed by atoms with van der Waals surface area (Å²) in [4.78, 5) is 16.2. The number of imidazole rings is 1. The van der Waals surface area contributed by atoms with Gasteiger partial charge in [0.25, 0.3) is 0 Å². The van der Waals surface area contributed by atoms with Crippen molar-refractivity contribution in [1.29, 1.82) is 0 Å². The van der Waals surface area contributed by atoms with Crippen molar-refractivity contribution >= 4 is 5.91 Å². The van der Waals surface area contributed by atoms with Crippen LogP contribution in [0.1, 0.15) is 30.2 Å². The van der Waals surface area contributed by atoms with Crippen molar-refractivity contribution in [2.45, 2.75) is 31.4 Å². The van der Waals surface area contributed by atoms with Crippen molar-refractivity contribution in [2.75, 3.05) is 6.61 Å². The van der Waals surface area contributed by atoms with Crippen molar-refractivity contribution in [2.24, 2.45) is 7.05 Å². The molecular formula is C17H19F2N3O2. The summed E-state index contributed by atoms with van der Waals surface area (Å²) in [6, 6.07) is 3.19. The Bertz CT molecular complexity index is 732. The fourth-order valence-corrected chi connectivity index (χ4v) is 2.93. The van der Waals surface area contributed by atoms with Crippen LogP contribution in [0.25, 0.3) is 0 Å². The topological polar surface area (TPSA) is 56.2 Å². The summed E-state index contributed by atoms with van der Waals surface area (Å²) in [6.45, 7) is 0.533. The molecule has 1 saturated heterocycles. The molecule has 1 amide bonds. The average Bonchev–Trinajstić information content (AvgIpc) is 2.96. The van der Waals surface area contributed by atoms with Crippen LogP contribution in [0, 0.1) is 11.6 Å². The van der Waals surface area contributed by atoms with E-state index in [-0.39, 0.29) is 30.0 Å². The van der Waals surface area contributed by atoms with Crippen LogP contribution >= 0.6 is 0 Å². The first kappa shape index (κ1) is 16.6. The summed E-state index contributed by atoms with van der Waals surface area (Å²) in [6.07, 6.45) is 4.56. The molecule has 1 aliphatic heterocycles. The SMILES string of the molecule is Cn1cncc1[C@@H]1C[C@@H](NC(=O)Cc2ccc(F)cc2F)CCO1. The van der Waals surface area contributed by atoms with Gasteiger partial charge in [-0.2, -0.15) is 0 Å². The average molecular weight is 335 g/mol. The van der Waals surface area contributed by atoms with E-state index in [4.69, 9.17) is 4.74 Å². The first-order valence-electron chi connectivity index (χ1n) is 7.84. The lowest BCUT2D eigenvalue weighted by molar-refractivity contribution is -0.122. The van der Waals surface area contributed by atoms with Gasteiger partial charge in [0, 0.05) is 25.8 Å². The van der Waals surface area contributed by atoms with E-state index in [0.717, 1.165) is 17.8 Å². The lowest BCUT2D eigenvalue weighted by atomic mass is 10.0. The number of nitrogens with one attached hydrogen (secondary N) is 1. The molecule has 128 valence electrons. The maximum absolute atomic E-state index is 13.6. The number of hydrogen-bond donors (Lipinski definition) is 1. The fraction of sp³-hybridized carbons (Fsp3) is 0.412. The zero-order valence-corrected chi connectivity index (χ0v) is 13.3. The highest BCUT2D eigenvalue weighted by molar-refractivity contribution is 5.78. The molecule has 2 heterocycles. The van der Waals surface area contributed by atoms with E-state index in [9.17, 15) is 13.6 Å². The van der Waals surface area contributed by atoms with Crippen molar-refractivity contribution < 1.29 is 18.3 Å². The zero-order chi connectivity index (χ0) is 17.1. The van der Waals surface area contributed by atoms with E-state index < -0.39 is 11.6 Å². The van der Waals surface area contributed by atoms with E-state index in [1.54, 1.807) is 12.5 Å². The molecule has 1 fully saturated rings. The maximum atomic E-state index is 13.6. The highest BCUT2D eigenvalue weighted by Gasteiger charge is 2.27. The third-order valence-electron chi connectivity index (χ3n) is 4.20. The predicted octanol–water partition coefficient (Wildman–Crippen LogP) is 2.28. The maximum Gasteiger partial charge on any atom is 0.224 e. The normalized spacial score (nSPS) is 20.8. The molecule has 1 aromatic carbocycles. The zero-order valence-electron chi connectivity index (χ0n) is 13.3. The second kappa shape index (κ2) is 7.09. The van der Waals surface area contributed by atoms with Gasteiger partial charge in [-0.05, 0) is 24.5 Å². The van der Waals surface area contributed by atoms with Crippen LogP contribution in [-0.2, 0) is 23.0 Å². The molecule has 1 aliphatic rings. The minimum absolute atomic E-state index is 0.0466. The van der Waals surface area contributed by atoms with Gasteiger partial charge in [-0.1, -0.05) is 6.07 Å². The standard InChI is InChI=1S/C17H19F2N3O2/c1-22-10-20-9-15(22)16-8-13(4-5-24-16)21-17(23)6-11-2-3-12(18)7-14(11)19/h2-3,7,9-10,13,16H,4-6,8H2,1H3,(H,21,23)/t13-,16-/m0/s1. The Balaban J connectivity index is 1.59. The van der Waals surface area contributed by atoms with E-state index in [2.05, 4.69) is 10.3 Å². The summed E-state index contributed by atoms with van der Waals surface area (Å²) in [5.74, 6) is -1.64. The number of hydrogen-bond acceptors (Lipinski definition) is 3. The molecule has 2 aromatic rings. The number of aromatic nitrogens is 2. The Labute approximate surface area is 138 Å². The third-order valence-corrected chi connectivity index (χ3v) is 4.20. The molecule has 7 heteroatoms. The number of amides is 1. The second-order valence-electron chi connectivity index (χ2n) is 5.99. The first-order chi connectivity index (χ1) is 11.5. The highest BCUT2D eigenvalue weighted by atomic mass is 19.1. The number of nitrogens with zero attached hydrogens (tertiary/aromatic N) is 2. The number of carbonyl (C=O) groups excluding carboxylic acids is 1. The van der Waals surface area contributed by atoms with Crippen LogP contribution < -0.4 is 5.32 Å². The minimum Gasteiger partial charge on any atom is -0.372 e. The summed E-state index contributed by atoms with van der Waals surface area (Å²) in [7, 11) is 1.89. The van der Waals surface area contributed by atoms with Crippen LogP contribution in [-0.4, -0.2) is 28.1 Å². The molecule has 0 unspecified atom stereocenters. The number of aryl methyl sites for hydroxylation is 1. The van der Waals surface area contributed by atoms with Gasteiger partial charge in [-0.25, -0.2) is 13.8 Å². The Kier molecular flexibility index (Phi) is 4.89. The quantitative estimate of drug-likeness (QED) is 0.933. The summed E-state index contributed by atoms with van der Waals surface area (Å²) < 4.78 is 34.2. The molecule has 24 heavy (non-hydrogen) atoms. The molecule has 0 spiro atoms. The molecule has 0 radical (unpaired) electrons. The van der Waals surface area contributed by atoms with Gasteiger partial charge < -0.3 is 14.6 Å². The highest BCUT2D eigenvalue weighted by Crippen LogP contribution is 2.27. The predicted molar refractivity (Wildman–Crippen MR) is 83.1 cm³/mol. The lowest BCUT2D eigenvalue weighted by Crippen LogP contribution is -2.40. The molecule has 1 N–H and O–H groups in total. The summed E-state index contributed by atoms with van der Waals surface area (Å²) in [5, 5.41) is 2.91. The first-order valence-corrected chi connectivity index (χ1v) is 7.84. The van der Waals surface area contributed by atoms with Crippen LogP contribution in [0.2, 0.25) is 0 Å². The second-order valence-corrected chi connectivity index (χ2v) is 5.99. The summed E-state index contributed by atoms with van der Waals surface area (Å²) >= 11 is 0. The summed E-state index contributed by atoms with van der Waals surface area (Å²) in [5.41, 5.74) is 1.14. The molecule has 0 saturated carbocycles. The number of rotatable bonds is 4. The smallest absolute Gasteiger partial charge is 0.224 e. The van der Waals surface area contributed by atoms with Gasteiger partial charge in [0.1, 0.15) is 17.7 Å². The van der Waals surface area contributed by atoms with Crippen LogP contribution in [0.3, 0.4) is 0 Å². The number of carbonyl (C=O) groups is 1. The molecular weight excluding hydrogens is 316 g/mol. The molecule has 0 bridgehead atoms. The molecule has 3 rings (SSSR count). The molecule has 0 aliphatic carbocycles. The minimum atomic E-state index is -0.704. The van der Waals surface area contributed by atoms with Gasteiger partial charge >= 0.3 is 0 Å². The third kappa shape index (κ3) is 3.79. The van der Waals surface area contributed by atoms with Crippen LogP contribution in [0.15, 0.2) is 30.7 Å². The van der Waals surface area contributed by atoms with Crippen LogP contribution in [0.5, 0.6) is 0 Å². The Hall–Kier alpha value is -2.28. The van der Waals surface area contributed by atoms with Gasteiger partial charge in [0.05, 0.1) is 24.6 Å². The fourth-order valence-electron chi connectivity index (χ4n) is 2.93. The Morgan fingerprint density at radius 1 is 1.46 bits per heavy atom. The lowest BCUT2D eigenvalue weighted by Gasteiger charge is -2.30. The monoisotopic (exact) mass is 335 g/mol. The van der Waals surface area contributed by atoms with E-state index in [0.29, 0.717) is 19.4 Å². The van der Waals surface area contributed by atoms with Gasteiger partial charge in [-0.3, -0.25) is 4.79 Å². The van der Waals surface area contributed by atoms with Crippen molar-refractivity contribution in [3.63, 3.8) is 0 Å². The van der Waals surface area contributed by atoms with Crippen LogP contribution in [0.4, 0.5) is 8.78 Å². The van der Waals surface area contributed by atoms with Crippen molar-refractivity contribution in [3.05, 3.63) is 53.6 Å². The Morgan fingerprint density at radius 3 is 3.00 bits per heavy atom. The number of ether oxygens (including phenoxy) is 1. The van der Waals surface area contributed by atoms with E-state index in [1.807, 2.05) is 11.6 Å². The number of halogens is 2. The van der Waals surface area contributed by atoms with Crippen molar-refractivity contribution in [1.82, 2.24) is 14.9 Å².